The van der Waals surface area contributed by atoms with E-state index in [-0.39, 0.29) is 10.8 Å². The number of nitrogens with one attached hydrogen (secondary N) is 2. The topological polar surface area (TPSA) is 101 Å². The molecule has 1 aliphatic heterocycles. The van der Waals surface area contributed by atoms with Gasteiger partial charge in [0.15, 0.2) is 0 Å². The van der Waals surface area contributed by atoms with Gasteiger partial charge in [-0.15, -0.1) is 22.7 Å². The molecule has 2 N–H and O–H groups in total. The van der Waals surface area contributed by atoms with Crippen molar-refractivity contribution < 1.29 is 17.9 Å². The van der Waals surface area contributed by atoms with Crippen LogP contribution in [0.4, 0.5) is 10.7 Å². The van der Waals surface area contributed by atoms with E-state index in [2.05, 4.69) is 28.1 Å². The van der Waals surface area contributed by atoms with Crippen LogP contribution >= 0.6 is 22.7 Å². The Morgan fingerprint density at radius 3 is 2.48 bits per heavy atom. The molecular formula is C29H26N4O4S3. The molecule has 0 aliphatic carbocycles. The van der Waals surface area contributed by atoms with Crippen molar-refractivity contribution in [3.8, 4) is 16.3 Å². The van der Waals surface area contributed by atoms with Gasteiger partial charge in [0.05, 0.1) is 22.2 Å². The SMILES string of the molecule is COc1ccc(S(=O)(=O)Nc2ccc(C(=O)Nc3sc4c(c3-c3nc5ccccc5s3)CCN(C)C4)cc2)cc1. The maximum Gasteiger partial charge on any atom is 0.261 e. The molecular weight excluding hydrogens is 565 g/mol. The number of nitrogens with zero attached hydrogens (tertiary/aromatic N) is 2. The third kappa shape index (κ3) is 5.20. The molecule has 3 aromatic carbocycles. The molecule has 3 heterocycles. The summed E-state index contributed by atoms with van der Waals surface area (Å²) in [6.45, 7) is 1.78. The molecule has 0 saturated carbocycles. The van der Waals surface area contributed by atoms with E-state index in [0.717, 1.165) is 45.3 Å². The standard InChI is InChI=1S/C29H26N4O4S3/c1-33-16-15-22-25(17-33)39-29(26(22)28-30-23-5-3-4-6-24(23)38-28)31-27(34)18-7-9-19(10-8-18)32-40(35,36)21-13-11-20(37-2)12-14-21/h3-14,32H,15-17H2,1-2H3,(H,31,34). The van der Waals surface area contributed by atoms with Crippen molar-refractivity contribution in [3.63, 3.8) is 0 Å². The first-order chi connectivity index (χ1) is 19.3. The average Bonchev–Trinajstić information content (AvgIpc) is 3.53. The van der Waals surface area contributed by atoms with Gasteiger partial charge in [-0.2, -0.15) is 0 Å². The number of likely N-dealkylation sites (N-methyl/N-ethyl adjacent to an activating group) is 1. The lowest BCUT2D eigenvalue weighted by atomic mass is 10.0. The molecule has 0 saturated heterocycles. The lowest BCUT2D eigenvalue weighted by Gasteiger charge is -2.22. The van der Waals surface area contributed by atoms with Gasteiger partial charge in [-0.05, 0) is 79.7 Å². The zero-order chi connectivity index (χ0) is 27.9. The van der Waals surface area contributed by atoms with Gasteiger partial charge in [0.2, 0.25) is 0 Å². The van der Waals surface area contributed by atoms with Crippen LogP contribution in [-0.4, -0.2) is 44.9 Å². The molecule has 2 aromatic heterocycles. The highest BCUT2D eigenvalue weighted by Crippen LogP contribution is 2.45. The Kier molecular flexibility index (Phi) is 7.05. The molecule has 204 valence electrons. The lowest BCUT2D eigenvalue weighted by Crippen LogP contribution is -2.25. The molecule has 40 heavy (non-hydrogen) atoms. The van der Waals surface area contributed by atoms with Crippen LogP contribution in [0.2, 0.25) is 0 Å². The summed E-state index contributed by atoms with van der Waals surface area (Å²) in [5, 5.41) is 4.81. The highest BCUT2D eigenvalue weighted by molar-refractivity contribution is 7.92. The van der Waals surface area contributed by atoms with Crippen LogP contribution in [-0.2, 0) is 23.0 Å². The number of hydrogen-bond donors (Lipinski definition) is 2. The van der Waals surface area contributed by atoms with E-state index < -0.39 is 10.0 Å². The van der Waals surface area contributed by atoms with Gasteiger partial charge in [-0.25, -0.2) is 13.4 Å². The van der Waals surface area contributed by atoms with Gasteiger partial charge in [-0.1, -0.05) is 12.1 Å². The highest BCUT2D eigenvalue weighted by atomic mass is 32.2. The van der Waals surface area contributed by atoms with Crippen LogP contribution in [0, 0.1) is 0 Å². The summed E-state index contributed by atoms with van der Waals surface area (Å²) in [7, 11) is -0.168. The Bertz CT molecular complexity index is 1780. The third-order valence-electron chi connectivity index (χ3n) is 6.75. The minimum Gasteiger partial charge on any atom is -0.497 e. The fourth-order valence-electron chi connectivity index (χ4n) is 4.66. The molecule has 0 radical (unpaired) electrons. The van der Waals surface area contributed by atoms with Gasteiger partial charge >= 0.3 is 0 Å². The van der Waals surface area contributed by atoms with E-state index in [1.165, 1.54) is 29.7 Å². The molecule has 0 fully saturated rings. The van der Waals surface area contributed by atoms with Crippen molar-refractivity contribution in [2.45, 2.75) is 17.9 Å². The first kappa shape index (κ1) is 26.5. The maximum atomic E-state index is 13.3. The molecule has 0 unspecified atom stereocenters. The summed E-state index contributed by atoms with van der Waals surface area (Å²) in [6, 6.07) is 20.6. The quantitative estimate of drug-likeness (QED) is 0.239. The van der Waals surface area contributed by atoms with Crippen LogP contribution in [0.15, 0.2) is 77.7 Å². The number of hydrogen-bond acceptors (Lipinski definition) is 8. The van der Waals surface area contributed by atoms with Crippen LogP contribution in [0.3, 0.4) is 0 Å². The zero-order valence-corrected chi connectivity index (χ0v) is 24.3. The normalized spacial score (nSPS) is 13.7. The number of para-hydroxylation sites is 1. The Hall–Kier alpha value is -3.77. The van der Waals surface area contributed by atoms with Crippen molar-refractivity contribution in [1.82, 2.24) is 9.88 Å². The Balaban J connectivity index is 1.25. The summed E-state index contributed by atoms with van der Waals surface area (Å²) in [5.74, 6) is 0.304. The van der Waals surface area contributed by atoms with E-state index >= 15 is 0 Å². The van der Waals surface area contributed by atoms with E-state index in [1.807, 2.05) is 18.2 Å². The second kappa shape index (κ2) is 10.7. The lowest BCUT2D eigenvalue weighted by molar-refractivity contribution is 0.102. The number of carbonyl (C=O) groups is 1. The number of aromatic nitrogens is 1. The molecule has 8 nitrogen and oxygen atoms in total. The predicted octanol–water partition coefficient (Wildman–Crippen LogP) is 6.07. The summed E-state index contributed by atoms with van der Waals surface area (Å²) >= 11 is 3.23. The van der Waals surface area contributed by atoms with Crippen molar-refractivity contribution in [2.75, 3.05) is 30.7 Å². The average molecular weight is 591 g/mol. The molecule has 0 atom stereocenters. The highest BCUT2D eigenvalue weighted by Gasteiger charge is 2.27. The molecule has 0 bridgehead atoms. The fourth-order valence-corrected chi connectivity index (χ4v) is 8.15. The minimum absolute atomic E-state index is 0.116. The first-order valence-electron chi connectivity index (χ1n) is 12.6. The smallest absolute Gasteiger partial charge is 0.261 e. The number of ether oxygens (including phenoxy) is 1. The van der Waals surface area contributed by atoms with Gasteiger partial charge in [0, 0.05) is 34.8 Å². The number of thiazole rings is 1. The van der Waals surface area contributed by atoms with Crippen molar-refractivity contribution in [2.24, 2.45) is 0 Å². The minimum atomic E-state index is -3.79. The van der Waals surface area contributed by atoms with E-state index in [9.17, 15) is 13.2 Å². The van der Waals surface area contributed by atoms with Gasteiger partial charge < -0.3 is 15.0 Å². The number of benzene rings is 3. The van der Waals surface area contributed by atoms with Gasteiger partial charge in [-0.3, -0.25) is 9.52 Å². The van der Waals surface area contributed by atoms with Crippen molar-refractivity contribution in [1.29, 1.82) is 0 Å². The number of fused-ring (bicyclic) bond motifs is 2. The maximum absolute atomic E-state index is 13.3. The van der Waals surface area contributed by atoms with E-state index in [1.54, 1.807) is 59.1 Å². The Morgan fingerprint density at radius 2 is 1.75 bits per heavy atom. The molecule has 1 aliphatic rings. The largest absolute Gasteiger partial charge is 0.497 e. The van der Waals surface area contributed by atoms with Crippen LogP contribution in [0.5, 0.6) is 5.75 Å². The predicted molar refractivity (Wildman–Crippen MR) is 161 cm³/mol. The van der Waals surface area contributed by atoms with Crippen LogP contribution in [0.25, 0.3) is 20.8 Å². The first-order valence-corrected chi connectivity index (χ1v) is 15.7. The van der Waals surface area contributed by atoms with Gasteiger partial charge in [0.1, 0.15) is 15.8 Å². The second-order valence-electron chi connectivity index (χ2n) is 9.49. The number of amides is 1. The van der Waals surface area contributed by atoms with E-state index in [4.69, 9.17) is 9.72 Å². The van der Waals surface area contributed by atoms with Crippen LogP contribution < -0.4 is 14.8 Å². The number of carbonyl (C=O) groups excluding carboxylic acids is 1. The number of anilines is 2. The Morgan fingerprint density at radius 1 is 1.00 bits per heavy atom. The third-order valence-corrected chi connectivity index (χ3v) is 10.3. The van der Waals surface area contributed by atoms with E-state index in [0.29, 0.717) is 17.0 Å². The zero-order valence-electron chi connectivity index (χ0n) is 21.8. The van der Waals surface area contributed by atoms with Crippen molar-refractivity contribution >= 4 is 59.5 Å². The molecule has 0 spiro atoms. The summed E-state index contributed by atoms with van der Waals surface area (Å²) in [6.07, 6.45) is 0.895. The molecule has 6 rings (SSSR count). The number of sulfonamides is 1. The monoisotopic (exact) mass is 590 g/mol. The second-order valence-corrected chi connectivity index (χ2v) is 13.3. The molecule has 11 heteroatoms. The number of rotatable bonds is 7. The summed E-state index contributed by atoms with van der Waals surface area (Å²) in [5.41, 5.74) is 3.98. The summed E-state index contributed by atoms with van der Waals surface area (Å²) < 4.78 is 34.3. The van der Waals surface area contributed by atoms with Crippen molar-refractivity contribution in [3.05, 3.63) is 88.8 Å². The molecule has 5 aromatic rings. The van der Waals surface area contributed by atoms with Gasteiger partial charge in [0.25, 0.3) is 15.9 Å². The fraction of sp³-hybridized carbons (Fsp3) is 0.172. The number of thiophene rings is 1. The van der Waals surface area contributed by atoms with Crippen LogP contribution in [0.1, 0.15) is 20.8 Å². The number of methoxy groups -OCH3 is 1. The molecule has 1 amide bonds. The summed E-state index contributed by atoms with van der Waals surface area (Å²) in [4.78, 5) is 21.9. The Labute approximate surface area is 240 Å².